The molecule has 0 saturated carbocycles. The normalized spacial score (nSPS) is 24.1. The van der Waals surface area contributed by atoms with Crippen LogP contribution in [0.3, 0.4) is 0 Å². The molecular weight excluding hydrogens is 252 g/mol. The number of hydrogen-bond acceptors (Lipinski definition) is 3. The molecule has 1 fully saturated rings. The first-order valence-corrected chi connectivity index (χ1v) is 7.42. The van der Waals surface area contributed by atoms with Crippen LogP contribution >= 0.6 is 0 Å². The molecule has 1 aliphatic heterocycles. The Morgan fingerprint density at radius 1 is 1.35 bits per heavy atom. The monoisotopic (exact) mass is 274 g/mol. The van der Waals surface area contributed by atoms with E-state index in [1.54, 1.807) is 0 Å². The Morgan fingerprint density at radius 3 is 2.85 bits per heavy atom. The van der Waals surface area contributed by atoms with Crippen LogP contribution in [0.2, 0.25) is 0 Å². The number of fused-ring (bicyclic) bond motifs is 1. The van der Waals surface area contributed by atoms with Crippen LogP contribution in [-0.2, 0) is 16.0 Å². The third-order valence-corrected chi connectivity index (χ3v) is 4.76. The van der Waals surface area contributed by atoms with E-state index in [4.69, 9.17) is 10.5 Å². The lowest BCUT2D eigenvalue weighted by Gasteiger charge is -2.35. The van der Waals surface area contributed by atoms with Crippen molar-refractivity contribution in [3.05, 3.63) is 35.4 Å². The van der Waals surface area contributed by atoms with Crippen LogP contribution in [0, 0.1) is 5.41 Å². The van der Waals surface area contributed by atoms with Crippen LogP contribution in [0.5, 0.6) is 0 Å². The van der Waals surface area contributed by atoms with Gasteiger partial charge >= 0.3 is 0 Å². The summed E-state index contributed by atoms with van der Waals surface area (Å²) in [5.74, 6) is 0.102. The number of carbonyl (C=O) groups excluding carboxylic acids is 1. The first kappa shape index (κ1) is 13.6. The summed E-state index contributed by atoms with van der Waals surface area (Å²) in [6.07, 6.45) is 3.48. The van der Waals surface area contributed by atoms with Crippen LogP contribution in [0.4, 0.5) is 0 Å². The molecule has 1 aliphatic carbocycles. The summed E-state index contributed by atoms with van der Waals surface area (Å²) < 4.78 is 5.37. The van der Waals surface area contributed by atoms with Gasteiger partial charge in [0.2, 0.25) is 5.91 Å². The van der Waals surface area contributed by atoms with E-state index < -0.39 is 5.41 Å². The molecule has 3 N–H and O–H groups in total. The minimum Gasteiger partial charge on any atom is -0.381 e. The fourth-order valence-corrected chi connectivity index (χ4v) is 3.30. The average molecular weight is 274 g/mol. The summed E-state index contributed by atoms with van der Waals surface area (Å²) in [5, 5.41) is 3.22. The minimum atomic E-state index is -0.435. The number of aryl methyl sites for hydroxylation is 1. The van der Waals surface area contributed by atoms with Gasteiger partial charge in [-0.1, -0.05) is 24.3 Å². The van der Waals surface area contributed by atoms with Crippen molar-refractivity contribution in [3.63, 3.8) is 0 Å². The van der Waals surface area contributed by atoms with Gasteiger partial charge in [-0.15, -0.1) is 0 Å². The second-order valence-electron chi connectivity index (χ2n) is 5.86. The van der Waals surface area contributed by atoms with Gasteiger partial charge in [-0.3, -0.25) is 4.79 Å². The second kappa shape index (κ2) is 5.54. The number of hydrogen-bond donors (Lipinski definition) is 2. The van der Waals surface area contributed by atoms with Crippen molar-refractivity contribution >= 4 is 5.91 Å². The molecule has 1 unspecified atom stereocenters. The average Bonchev–Trinajstić information content (AvgIpc) is 2.91. The minimum absolute atomic E-state index is 0.102. The molecule has 1 aromatic rings. The van der Waals surface area contributed by atoms with Crippen molar-refractivity contribution in [1.82, 2.24) is 5.32 Å². The molecule has 4 nitrogen and oxygen atoms in total. The molecule has 4 heteroatoms. The highest BCUT2D eigenvalue weighted by molar-refractivity contribution is 5.83. The van der Waals surface area contributed by atoms with Crippen LogP contribution in [0.1, 0.15) is 36.4 Å². The lowest BCUT2D eigenvalue weighted by Crippen LogP contribution is -2.49. The largest absolute Gasteiger partial charge is 0.381 e. The smallest absolute Gasteiger partial charge is 0.228 e. The molecule has 0 spiro atoms. The van der Waals surface area contributed by atoms with Gasteiger partial charge in [0.05, 0.1) is 11.5 Å². The number of amides is 1. The van der Waals surface area contributed by atoms with E-state index in [1.807, 2.05) is 6.07 Å². The van der Waals surface area contributed by atoms with Gasteiger partial charge in [-0.2, -0.15) is 0 Å². The van der Waals surface area contributed by atoms with Crippen LogP contribution in [-0.4, -0.2) is 25.7 Å². The lowest BCUT2D eigenvalue weighted by molar-refractivity contribution is -0.136. The zero-order valence-electron chi connectivity index (χ0n) is 11.7. The van der Waals surface area contributed by atoms with E-state index in [-0.39, 0.29) is 11.9 Å². The van der Waals surface area contributed by atoms with Crippen LogP contribution in [0.25, 0.3) is 0 Å². The van der Waals surface area contributed by atoms with Gasteiger partial charge in [-0.05, 0) is 36.8 Å². The number of ether oxygens (including phenoxy) is 1. The van der Waals surface area contributed by atoms with Gasteiger partial charge in [-0.25, -0.2) is 0 Å². The van der Waals surface area contributed by atoms with E-state index in [1.165, 1.54) is 11.1 Å². The number of benzene rings is 1. The fourth-order valence-electron chi connectivity index (χ4n) is 3.30. The van der Waals surface area contributed by atoms with Crippen LogP contribution < -0.4 is 11.1 Å². The molecule has 1 atom stereocenters. The molecule has 1 saturated heterocycles. The van der Waals surface area contributed by atoms with Crippen molar-refractivity contribution in [2.75, 3.05) is 19.8 Å². The standard InChI is InChI=1S/C16H22N2O2/c17-11-16(7-9-20-10-8-16)15(19)18-14-6-5-12-3-1-2-4-13(12)14/h1-4,14H,5-11,17H2,(H,18,19). The molecule has 2 aliphatic rings. The Balaban J connectivity index is 1.73. The van der Waals surface area contributed by atoms with Gasteiger partial charge in [0.1, 0.15) is 0 Å². The highest BCUT2D eigenvalue weighted by atomic mass is 16.5. The SMILES string of the molecule is NCC1(C(=O)NC2CCc3ccccc32)CCOCC1. The summed E-state index contributed by atoms with van der Waals surface area (Å²) >= 11 is 0. The molecule has 0 aromatic heterocycles. The highest BCUT2D eigenvalue weighted by Crippen LogP contribution is 2.34. The topological polar surface area (TPSA) is 64.4 Å². The summed E-state index contributed by atoms with van der Waals surface area (Å²) in [7, 11) is 0. The molecule has 1 heterocycles. The van der Waals surface area contributed by atoms with Gasteiger partial charge in [0.25, 0.3) is 0 Å². The first-order chi connectivity index (χ1) is 9.75. The third kappa shape index (κ3) is 2.34. The molecular formula is C16H22N2O2. The summed E-state index contributed by atoms with van der Waals surface area (Å²) in [4.78, 5) is 12.7. The summed E-state index contributed by atoms with van der Waals surface area (Å²) in [6, 6.07) is 8.50. The van der Waals surface area contributed by atoms with E-state index in [0.29, 0.717) is 19.8 Å². The molecule has 108 valence electrons. The fraction of sp³-hybridized carbons (Fsp3) is 0.562. The maximum absolute atomic E-state index is 12.7. The lowest BCUT2D eigenvalue weighted by atomic mass is 9.79. The number of carbonyl (C=O) groups is 1. The zero-order chi connectivity index (χ0) is 14.0. The predicted molar refractivity (Wildman–Crippen MR) is 77.2 cm³/mol. The summed E-state index contributed by atoms with van der Waals surface area (Å²) in [6.45, 7) is 1.66. The predicted octanol–water partition coefficient (Wildman–Crippen LogP) is 1.55. The number of rotatable bonds is 3. The number of nitrogens with two attached hydrogens (primary N) is 1. The van der Waals surface area contributed by atoms with Crippen molar-refractivity contribution in [3.8, 4) is 0 Å². The van der Waals surface area contributed by atoms with E-state index in [9.17, 15) is 4.79 Å². The Hall–Kier alpha value is -1.39. The molecule has 1 amide bonds. The first-order valence-electron chi connectivity index (χ1n) is 7.42. The second-order valence-corrected chi connectivity index (χ2v) is 5.86. The van der Waals surface area contributed by atoms with Crippen molar-refractivity contribution in [2.45, 2.75) is 31.7 Å². The van der Waals surface area contributed by atoms with Crippen molar-refractivity contribution in [2.24, 2.45) is 11.1 Å². The number of nitrogens with one attached hydrogen (secondary N) is 1. The van der Waals surface area contributed by atoms with Crippen molar-refractivity contribution in [1.29, 1.82) is 0 Å². The maximum Gasteiger partial charge on any atom is 0.228 e. The van der Waals surface area contributed by atoms with Crippen molar-refractivity contribution < 1.29 is 9.53 Å². The Kier molecular flexibility index (Phi) is 3.76. The van der Waals surface area contributed by atoms with E-state index >= 15 is 0 Å². The van der Waals surface area contributed by atoms with E-state index in [2.05, 4.69) is 23.5 Å². The van der Waals surface area contributed by atoms with Gasteiger partial charge in [0, 0.05) is 19.8 Å². The van der Waals surface area contributed by atoms with Gasteiger partial charge in [0.15, 0.2) is 0 Å². The van der Waals surface area contributed by atoms with Crippen LogP contribution in [0.15, 0.2) is 24.3 Å². The van der Waals surface area contributed by atoms with Gasteiger partial charge < -0.3 is 15.8 Å². The molecule has 1 aromatic carbocycles. The third-order valence-electron chi connectivity index (χ3n) is 4.76. The maximum atomic E-state index is 12.7. The Bertz CT molecular complexity index is 495. The highest BCUT2D eigenvalue weighted by Gasteiger charge is 2.40. The molecule has 0 bridgehead atoms. The molecule has 0 radical (unpaired) electrons. The Morgan fingerprint density at radius 2 is 2.10 bits per heavy atom. The zero-order valence-corrected chi connectivity index (χ0v) is 11.7. The quantitative estimate of drug-likeness (QED) is 0.879. The molecule has 3 rings (SSSR count). The van der Waals surface area contributed by atoms with E-state index in [0.717, 1.165) is 25.7 Å². The summed E-state index contributed by atoms with van der Waals surface area (Å²) in [5.41, 5.74) is 8.07. The molecule has 20 heavy (non-hydrogen) atoms. The Labute approximate surface area is 119 Å².